The second-order valence-electron chi connectivity index (χ2n) is 4.81. The minimum atomic E-state index is 0.547. The number of likely N-dealkylation sites (N-methyl/N-ethyl adjacent to an activating group) is 1. The molecule has 1 aliphatic carbocycles. The van der Waals surface area contributed by atoms with Gasteiger partial charge in [0.25, 0.3) is 0 Å². The van der Waals surface area contributed by atoms with Crippen molar-refractivity contribution in [1.82, 2.24) is 5.32 Å². The predicted molar refractivity (Wildman–Crippen MR) is 81.5 cm³/mol. The van der Waals surface area contributed by atoms with E-state index in [9.17, 15) is 0 Å². The highest BCUT2D eigenvalue weighted by molar-refractivity contribution is 9.11. The molecule has 1 N–H and O–H groups in total. The van der Waals surface area contributed by atoms with Crippen LogP contribution in [0.25, 0.3) is 0 Å². The third kappa shape index (κ3) is 2.27. The van der Waals surface area contributed by atoms with Crippen molar-refractivity contribution in [3.05, 3.63) is 56.2 Å². The molecule has 94 valence electrons. The van der Waals surface area contributed by atoms with Gasteiger partial charge < -0.3 is 5.32 Å². The molecule has 0 bridgehead atoms. The molecule has 3 heteroatoms. The first kappa shape index (κ1) is 12.4. The fourth-order valence-electron chi connectivity index (χ4n) is 2.78. The maximum Gasteiger partial charge on any atom is 0.0701 e. The molecule has 18 heavy (non-hydrogen) atoms. The zero-order valence-corrected chi connectivity index (χ0v) is 12.7. The maximum atomic E-state index is 3.54. The van der Waals surface area contributed by atoms with Crippen molar-refractivity contribution in [2.75, 3.05) is 7.05 Å². The molecule has 0 spiro atoms. The van der Waals surface area contributed by atoms with Gasteiger partial charge in [-0.15, -0.1) is 11.3 Å². The number of rotatable bonds is 4. The molecule has 0 saturated carbocycles. The van der Waals surface area contributed by atoms with E-state index in [-0.39, 0.29) is 0 Å². The summed E-state index contributed by atoms with van der Waals surface area (Å²) >= 11 is 5.38. The van der Waals surface area contributed by atoms with Gasteiger partial charge in [-0.05, 0) is 59.1 Å². The summed E-state index contributed by atoms with van der Waals surface area (Å²) in [5, 5.41) is 3.49. The Morgan fingerprint density at radius 2 is 2.17 bits per heavy atom. The minimum absolute atomic E-state index is 0.547. The number of halogens is 1. The second-order valence-corrected chi connectivity index (χ2v) is 7.36. The van der Waals surface area contributed by atoms with E-state index in [1.807, 2.05) is 11.3 Å². The standard InChI is InChI=1S/C15H16BrNS/c1-17-14(9-11-6-7-15(16)18-11)13-8-10-4-2-3-5-12(10)13/h2-7,13-14,17H,8-9H2,1H3. The first-order chi connectivity index (χ1) is 8.78. The SMILES string of the molecule is CNC(Cc1ccc(Br)s1)C1Cc2ccccc21. The summed E-state index contributed by atoms with van der Waals surface area (Å²) in [7, 11) is 2.08. The number of thiophene rings is 1. The Kier molecular flexibility index (Phi) is 3.55. The van der Waals surface area contributed by atoms with Gasteiger partial charge in [-0.1, -0.05) is 24.3 Å². The molecular weight excluding hydrogens is 306 g/mol. The van der Waals surface area contributed by atoms with Crippen LogP contribution in [0, 0.1) is 0 Å². The van der Waals surface area contributed by atoms with Gasteiger partial charge in [0.1, 0.15) is 0 Å². The summed E-state index contributed by atoms with van der Waals surface area (Å²) in [5.74, 6) is 0.673. The lowest BCUT2D eigenvalue weighted by Gasteiger charge is -2.36. The molecule has 2 atom stereocenters. The van der Waals surface area contributed by atoms with Crippen molar-refractivity contribution in [3.8, 4) is 0 Å². The summed E-state index contributed by atoms with van der Waals surface area (Å²) in [6, 6.07) is 13.7. The third-order valence-electron chi connectivity index (χ3n) is 3.80. The van der Waals surface area contributed by atoms with Gasteiger partial charge in [0.2, 0.25) is 0 Å². The van der Waals surface area contributed by atoms with Crippen LogP contribution in [0.15, 0.2) is 40.2 Å². The van der Waals surface area contributed by atoms with Crippen LogP contribution >= 0.6 is 27.3 Å². The quantitative estimate of drug-likeness (QED) is 0.898. The molecular formula is C15H16BrNS. The highest BCUT2D eigenvalue weighted by atomic mass is 79.9. The van der Waals surface area contributed by atoms with E-state index < -0.39 is 0 Å². The van der Waals surface area contributed by atoms with Gasteiger partial charge in [-0.3, -0.25) is 0 Å². The molecule has 1 aromatic heterocycles. The molecule has 3 rings (SSSR count). The molecule has 1 aromatic carbocycles. The number of hydrogen-bond donors (Lipinski definition) is 1. The summed E-state index contributed by atoms with van der Waals surface area (Å²) in [4.78, 5) is 1.45. The molecule has 0 amide bonds. The molecule has 1 heterocycles. The van der Waals surface area contributed by atoms with Crippen molar-refractivity contribution >= 4 is 27.3 Å². The van der Waals surface area contributed by atoms with Crippen LogP contribution in [0.1, 0.15) is 21.9 Å². The predicted octanol–water partition coefficient (Wildman–Crippen LogP) is 3.98. The topological polar surface area (TPSA) is 12.0 Å². The van der Waals surface area contributed by atoms with Gasteiger partial charge >= 0.3 is 0 Å². The van der Waals surface area contributed by atoms with E-state index in [1.165, 1.54) is 26.2 Å². The van der Waals surface area contributed by atoms with Crippen LogP contribution in [0.4, 0.5) is 0 Å². The Balaban J connectivity index is 1.75. The van der Waals surface area contributed by atoms with Crippen molar-refractivity contribution in [2.45, 2.75) is 24.8 Å². The Morgan fingerprint density at radius 3 is 2.83 bits per heavy atom. The molecule has 1 aliphatic rings. The van der Waals surface area contributed by atoms with Gasteiger partial charge in [-0.25, -0.2) is 0 Å². The smallest absolute Gasteiger partial charge is 0.0701 e. The maximum absolute atomic E-state index is 3.54. The van der Waals surface area contributed by atoms with Crippen molar-refractivity contribution in [3.63, 3.8) is 0 Å². The third-order valence-corrected chi connectivity index (χ3v) is 5.45. The van der Waals surface area contributed by atoms with Crippen LogP contribution in [-0.2, 0) is 12.8 Å². The van der Waals surface area contributed by atoms with Crippen LogP contribution in [0.5, 0.6) is 0 Å². The van der Waals surface area contributed by atoms with Crippen molar-refractivity contribution in [1.29, 1.82) is 0 Å². The van der Waals surface area contributed by atoms with Crippen LogP contribution in [0.2, 0.25) is 0 Å². The molecule has 0 fully saturated rings. The van der Waals surface area contributed by atoms with E-state index in [1.54, 1.807) is 0 Å². The normalized spacial score (nSPS) is 19.1. The van der Waals surface area contributed by atoms with Gasteiger partial charge in [-0.2, -0.15) is 0 Å². The monoisotopic (exact) mass is 321 g/mol. The molecule has 1 nitrogen and oxygen atoms in total. The van der Waals surface area contributed by atoms with Gasteiger partial charge in [0.05, 0.1) is 3.79 Å². The van der Waals surface area contributed by atoms with Gasteiger partial charge in [0, 0.05) is 16.8 Å². The summed E-state index contributed by atoms with van der Waals surface area (Å²) < 4.78 is 1.22. The highest BCUT2D eigenvalue weighted by Gasteiger charge is 2.31. The lowest BCUT2D eigenvalue weighted by molar-refractivity contribution is 0.424. The number of fused-ring (bicyclic) bond motifs is 1. The number of benzene rings is 1. The van der Waals surface area contributed by atoms with E-state index in [4.69, 9.17) is 0 Å². The van der Waals surface area contributed by atoms with Crippen molar-refractivity contribution in [2.24, 2.45) is 0 Å². The number of hydrogen-bond acceptors (Lipinski definition) is 2. The van der Waals surface area contributed by atoms with Gasteiger partial charge in [0.15, 0.2) is 0 Å². The number of nitrogens with one attached hydrogen (secondary N) is 1. The molecule has 0 radical (unpaired) electrons. The Labute approximate surface area is 120 Å². The lowest BCUT2D eigenvalue weighted by atomic mass is 9.72. The minimum Gasteiger partial charge on any atom is -0.316 e. The lowest BCUT2D eigenvalue weighted by Crippen LogP contribution is -2.39. The van der Waals surface area contributed by atoms with Crippen LogP contribution in [0.3, 0.4) is 0 Å². The Bertz CT molecular complexity index is 549. The van der Waals surface area contributed by atoms with E-state index in [0.29, 0.717) is 12.0 Å². The fourth-order valence-corrected chi connectivity index (χ4v) is 4.32. The van der Waals surface area contributed by atoms with Crippen LogP contribution < -0.4 is 5.32 Å². The summed E-state index contributed by atoms with van der Waals surface area (Å²) in [6.07, 6.45) is 2.33. The van der Waals surface area contributed by atoms with Crippen molar-refractivity contribution < 1.29 is 0 Å². The summed E-state index contributed by atoms with van der Waals surface area (Å²) in [5.41, 5.74) is 3.06. The zero-order valence-electron chi connectivity index (χ0n) is 10.3. The summed E-state index contributed by atoms with van der Waals surface area (Å²) in [6.45, 7) is 0. The van der Waals surface area contributed by atoms with Crippen LogP contribution in [-0.4, -0.2) is 13.1 Å². The Hall–Kier alpha value is -0.640. The Morgan fingerprint density at radius 1 is 1.33 bits per heavy atom. The van der Waals surface area contributed by atoms with E-state index in [2.05, 4.69) is 64.7 Å². The average molecular weight is 322 g/mol. The van der Waals surface area contributed by atoms with E-state index in [0.717, 1.165) is 6.42 Å². The van der Waals surface area contributed by atoms with E-state index >= 15 is 0 Å². The molecule has 2 unspecified atom stereocenters. The largest absolute Gasteiger partial charge is 0.316 e. The zero-order chi connectivity index (χ0) is 12.5. The fraction of sp³-hybridized carbons (Fsp3) is 0.333. The second kappa shape index (κ2) is 5.16. The average Bonchev–Trinajstić information content (AvgIpc) is 2.75. The molecule has 0 aliphatic heterocycles. The highest BCUT2D eigenvalue weighted by Crippen LogP contribution is 2.38. The molecule has 0 saturated heterocycles. The first-order valence-corrected chi connectivity index (χ1v) is 7.88. The first-order valence-electron chi connectivity index (χ1n) is 6.27. The molecule has 2 aromatic rings.